The van der Waals surface area contributed by atoms with E-state index >= 15 is 0 Å². The van der Waals surface area contributed by atoms with Crippen LogP contribution in [0.25, 0.3) is 21.2 Å². The van der Waals surface area contributed by atoms with Crippen molar-refractivity contribution in [2.45, 2.75) is 0 Å². The molecular formula is C20H14FN3OS. The number of primary amides is 1. The number of halogens is 1. The van der Waals surface area contributed by atoms with Gasteiger partial charge >= 0.3 is 0 Å². The van der Waals surface area contributed by atoms with Crippen molar-refractivity contribution in [2.75, 3.05) is 5.32 Å². The number of hydrogen-bond acceptors (Lipinski definition) is 4. The van der Waals surface area contributed by atoms with E-state index in [0.29, 0.717) is 4.88 Å². The Morgan fingerprint density at radius 3 is 2.31 bits per heavy atom. The summed E-state index contributed by atoms with van der Waals surface area (Å²) < 4.78 is 13.9. The first-order chi connectivity index (χ1) is 12.6. The molecule has 1 amide bonds. The molecule has 4 aromatic rings. The van der Waals surface area contributed by atoms with Crippen LogP contribution in [0, 0.1) is 5.82 Å². The highest BCUT2D eigenvalue weighted by Crippen LogP contribution is 2.32. The first-order valence-electron chi connectivity index (χ1n) is 7.90. The standard InChI is InChI=1S/C20H14FN3OS/c21-14-5-1-12(2-6-14)13-3-7-15(8-4-13)24-17-10-23-11-19-16(17)9-18(26-19)20(22)25/h1-11,24H,(H2,22,25). The molecule has 4 nitrogen and oxygen atoms in total. The van der Waals surface area contributed by atoms with Crippen LogP contribution < -0.4 is 11.1 Å². The normalized spacial score (nSPS) is 10.8. The fraction of sp³-hybridized carbons (Fsp3) is 0. The Balaban J connectivity index is 1.62. The molecule has 3 N–H and O–H groups in total. The van der Waals surface area contributed by atoms with E-state index in [9.17, 15) is 9.18 Å². The van der Waals surface area contributed by atoms with Crippen molar-refractivity contribution in [3.63, 3.8) is 0 Å². The summed E-state index contributed by atoms with van der Waals surface area (Å²) in [4.78, 5) is 16.1. The number of anilines is 2. The Labute approximate surface area is 153 Å². The molecule has 2 heterocycles. The second-order valence-electron chi connectivity index (χ2n) is 5.78. The maximum absolute atomic E-state index is 13.0. The number of fused-ring (bicyclic) bond motifs is 1. The summed E-state index contributed by atoms with van der Waals surface area (Å²) in [6.07, 6.45) is 3.43. The number of hydrogen-bond donors (Lipinski definition) is 2. The van der Waals surface area contributed by atoms with Crippen molar-refractivity contribution in [1.29, 1.82) is 0 Å². The van der Waals surface area contributed by atoms with Crippen LogP contribution in [0.15, 0.2) is 67.0 Å². The molecule has 0 fully saturated rings. The topological polar surface area (TPSA) is 68.0 Å². The van der Waals surface area contributed by atoms with Gasteiger partial charge in [-0.2, -0.15) is 0 Å². The zero-order valence-electron chi connectivity index (χ0n) is 13.6. The second kappa shape index (κ2) is 6.57. The lowest BCUT2D eigenvalue weighted by Gasteiger charge is -2.08. The number of amides is 1. The summed E-state index contributed by atoms with van der Waals surface area (Å²) >= 11 is 1.32. The minimum Gasteiger partial charge on any atom is -0.365 e. The van der Waals surface area contributed by atoms with E-state index in [1.807, 2.05) is 24.3 Å². The van der Waals surface area contributed by atoms with Crippen molar-refractivity contribution in [2.24, 2.45) is 5.73 Å². The van der Waals surface area contributed by atoms with Gasteiger partial charge in [0.25, 0.3) is 5.91 Å². The van der Waals surface area contributed by atoms with Gasteiger partial charge in [0.2, 0.25) is 0 Å². The SMILES string of the molecule is NC(=O)c1cc2c(Nc3ccc(-c4ccc(F)cc4)cc3)cncc2s1. The zero-order chi connectivity index (χ0) is 18.1. The summed E-state index contributed by atoms with van der Waals surface area (Å²) in [6.45, 7) is 0. The predicted molar refractivity (Wildman–Crippen MR) is 103 cm³/mol. The van der Waals surface area contributed by atoms with Crippen LogP contribution in [0.2, 0.25) is 0 Å². The fourth-order valence-corrected chi connectivity index (χ4v) is 3.63. The van der Waals surface area contributed by atoms with E-state index < -0.39 is 5.91 Å². The van der Waals surface area contributed by atoms with E-state index in [1.54, 1.807) is 30.6 Å². The third kappa shape index (κ3) is 3.14. The smallest absolute Gasteiger partial charge is 0.258 e. The number of rotatable bonds is 4. The summed E-state index contributed by atoms with van der Waals surface area (Å²) in [5.41, 5.74) is 9.01. The Kier molecular flexibility index (Phi) is 4.10. The molecule has 0 radical (unpaired) electrons. The summed E-state index contributed by atoms with van der Waals surface area (Å²) in [5.74, 6) is -0.695. The molecule has 4 rings (SSSR count). The van der Waals surface area contributed by atoms with Crippen LogP contribution in [0.1, 0.15) is 9.67 Å². The Bertz CT molecular complexity index is 1090. The van der Waals surface area contributed by atoms with E-state index in [4.69, 9.17) is 5.73 Å². The number of nitrogens with one attached hydrogen (secondary N) is 1. The Morgan fingerprint density at radius 1 is 1.00 bits per heavy atom. The summed E-state index contributed by atoms with van der Waals surface area (Å²) in [7, 11) is 0. The molecule has 0 aliphatic carbocycles. The second-order valence-corrected chi connectivity index (χ2v) is 6.87. The summed E-state index contributed by atoms with van der Waals surface area (Å²) in [6, 6.07) is 16.0. The molecule has 128 valence electrons. The van der Waals surface area contributed by atoms with Gasteiger partial charge in [0.15, 0.2) is 0 Å². The molecule has 0 aliphatic heterocycles. The Hall–Kier alpha value is -3.25. The lowest BCUT2D eigenvalue weighted by molar-refractivity contribution is 0.100. The van der Waals surface area contributed by atoms with Gasteiger partial charge in [-0.15, -0.1) is 11.3 Å². The van der Waals surface area contributed by atoms with Gasteiger partial charge in [-0.05, 0) is 41.5 Å². The first kappa shape index (κ1) is 16.2. The minimum absolute atomic E-state index is 0.251. The van der Waals surface area contributed by atoms with Gasteiger partial charge < -0.3 is 11.1 Å². The zero-order valence-corrected chi connectivity index (χ0v) is 14.4. The van der Waals surface area contributed by atoms with Crippen molar-refractivity contribution < 1.29 is 9.18 Å². The van der Waals surface area contributed by atoms with Gasteiger partial charge in [-0.25, -0.2) is 4.39 Å². The number of pyridine rings is 1. The van der Waals surface area contributed by atoms with E-state index in [0.717, 1.165) is 32.6 Å². The minimum atomic E-state index is -0.444. The molecule has 26 heavy (non-hydrogen) atoms. The maximum Gasteiger partial charge on any atom is 0.258 e. The molecule has 0 bridgehead atoms. The van der Waals surface area contributed by atoms with Crippen LogP contribution in [0.4, 0.5) is 15.8 Å². The third-order valence-corrected chi connectivity index (χ3v) is 5.11. The lowest BCUT2D eigenvalue weighted by Crippen LogP contribution is -2.08. The number of benzene rings is 2. The number of nitrogens with zero attached hydrogens (tertiary/aromatic N) is 1. The van der Waals surface area contributed by atoms with Crippen molar-refractivity contribution in [1.82, 2.24) is 4.98 Å². The van der Waals surface area contributed by atoms with Crippen molar-refractivity contribution in [3.8, 4) is 11.1 Å². The van der Waals surface area contributed by atoms with Gasteiger partial charge in [0.1, 0.15) is 5.82 Å². The van der Waals surface area contributed by atoms with Gasteiger partial charge in [0, 0.05) is 17.3 Å². The van der Waals surface area contributed by atoms with Crippen LogP contribution in [-0.2, 0) is 0 Å². The van der Waals surface area contributed by atoms with E-state index in [2.05, 4.69) is 10.3 Å². The molecule has 0 unspecified atom stereocenters. The van der Waals surface area contributed by atoms with Gasteiger partial charge in [-0.1, -0.05) is 24.3 Å². The predicted octanol–water partition coefficient (Wildman–Crippen LogP) is 4.94. The largest absolute Gasteiger partial charge is 0.365 e. The average molecular weight is 363 g/mol. The van der Waals surface area contributed by atoms with Crippen molar-refractivity contribution >= 4 is 38.7 Å². The molecule has 0 saturated heterocycles. The average Bonchev–Trinajstić information content (AvgIpc) is 3.09. The van der Waals surface area contributed by atoms with E-state index in [1.165, 1.54) is 23.5 Å². The summed E-state index contributed by atoms with van der Waals surface area (Å²) in [5, 5.41) is 4.22. The van der Waals surface area contributed by atoms with Crippen LogP contribution in [-0.4, -0.2) is 10.9 Å². The number of carbonyl (C=O) groups is 1. The first-order valence-corrected chi connectivity index (χ1v) is 8.72. The molecule has 0 aliphatic rings. The van der Waals surface area contributed by atoms with Crippen LogP contribution in [0.3, 0.4) is 0 Å². The maximum atomic E-state index is 13.0. The molecule has 0 saturated carbocycles. The van der Waals surface area contributed by atoms with Crippen molar-refractivity contribution in [3.05, 3.63) is 77.7 Å². The quantitative estimate of drug-likeness (QED) is 0.539. The fourth-order valence-electron chi connectivity index (χ4n) is 2.73. The molecule has 0 atom stereocenters. The highest BCUT2D eigenvalue weighted by atomic mass is 32.1. The molecule has 6 heteroatoms. The number of nitrogens with two attached hydrogens (primary N) is 1. The molecule has 0 spiro atoms. The molecular weight excluding hydrogens is 349 g/mol. The Morgan fingerprint density at radius 2 is 1.65 bits per heavy atom. The number of thiophene rings is 1. The molecule has 2 aromatic heterocycles. The van der Waals surface area contributed by atoms with Crippen LogP contribution in [0.5, 0.6) is 0 Å². The number of aromatic nitrogens is 1. The van der Waals surface area contributed by atoms with Crippen LogP contribution >= 0.6 is 11.3 Å². The highest BCUT2D eigenvalue weighted by Gasteiger charge is 2.10. The number of carbonyl (C=O) groups excluding carboxylic acids is 1. The van der Waals surface area contributed by atoms with Gasteiger partial charge in [-0.3, -0.25) is 9.78 Å². The van der Waals surface area contributed by atoms with Gasteiger partial charge in [0.05, 0.1) is 21.5 Å². The molecule has 2 aromatic carbocycles. The van der Waals surface area contributed by atoms with E-state index in [-0.39, 0.29) is 5.82 Å². The highest BCUT2D eigenvalue weighted by molar-refractivity contribution is 7.20. The lowest BCUT2D eigenvalue weighted by atomic mass is 10.1. The monoisotopic (exact) mass is 363 g/mol. The third-order valence-electron chi connectivity index (χ3n) is 4.03.